The van der Waals surface area contributed by atoms with Gasteiger partial charge >= 0.3 is 12.1 Å². The smallest absolute Gasteiger partial charge is 0.418 e. The second-order valence-electron chi connectivity index (χ2n) is 8.34. The lowest BCUT2D eigenvalue weighted by Crippen LogP contribution is -2.43. The summed E-state index contributed by atoms with van der Waals surface area (Å²) in [6.07, 6.45) is -4.70. The molecule has 0 spiro atoms. The lowest BCUT2D eigenvalue weighted by molar-refractivity contribution is -0.139. The second-order valence-corrected chi connectivity index (χ2v) is 8.34. The zero-order valence-corrected chi connectivity index (χ0v) is 19.5. The summed E-state index contributed by atoms with van der Waals surface area (Å²) in [5.74, 6) is -5.16. The summed E-state index contributed by atoms with van der Waals surface area (Å²) < 4.78 is 70.1. The minimum absolute atomic E-state index is 0.0518. The SMILES string of the molecule is Cn1ncc(C(F)(F)F)c(-c2cccc3c(C[C@H](NC(=O)c4c(F)cccc4F)C(=O)O)cccc23)c1=O. The average molecular weight is 531 g/mol. The van der Waals surface area contributed by atoms with Crippen LogP contribution in [-0.4, -0.2) is 32.8 Å². The van der Waals surface area contributed by atoms with Crippen molar-refractivity contribution in [2.45, 2.75) is 18.6 Å². The van der Waals surface area contributed by atoms with Crippen molar-refractivity contribution in [3.05, 3.63) is 99.5 Å². The largest absolute Gasteiger partial charge is 0.480 e. The lowest BCUT2D eigenvalue weighted by Gasteiger charge is -2.18. The number of carboxylic acids is 1. The Hall–Kier alpha value is -4.61. The van der Waals surface area contributed by atoms with E-state index in [9.17, 15) is 41.4 Å². The lowest BCUT2D eigenvalue weighted by atomic mass is 9.92. The summed E-state index contributed by atoms with van der Waals surface area (Å²) in [7, 11) is 1.21. The number of nitrogens with zero attached hydrogens (tertiary/aromatic N) is 2. The minimum atomic E-state index is -4.88. The molecule has 0 aliphatic rings. The number of benzene rings is 3. The first-order valence-corrected chi connectivity index (χ1v) is 11.0. The van der Waals surface area contributed by atoms with Gasteiger partial charge in [-0.25, -0.2) is 18.3 Å². The van der Waals surface area contributed by atoms with Crippen LogP contribution < -0.4 is 10.9 Å². The van der Waals surface area contributed by atoms with E-state index in [1.54, 1.807) is 0 Å². The maximum atomic E-state index is 14.0. The van der Waals surface area contributed by atoms with E-state index in [1.807, 2.05) is 0 Å². The molecule has 0 saturated carbocycles. The first-order chi connectivity index (χ1) is 17.9. The number of hydrogen-bond donors (Lipinski definition) is 2. The van der Waals surface area contributed by atoms with Gasteiger partial charge in [-0.2, -0.15) is 18.3 Å². The summed E-state index contributed by atoms with van der Waals surface area (Å²) in [6, 6.07) is 9.77. The molecule has 4 rings (SSSR count). The predicted octanol–water partition coefficient (Wildman–Crippen LogP) is 4.32. The molecule has 0 bridgehead atoms. The number of aryl methyl sites for hydroxylation is 1. The molecule has 12 heteroatoms. The van der Waals surface area contributed by atoms with Gasteiger partial charge in [-0.15, -0.1) is 0 Å². The predicted molar refractivity (Wildman–Crippen MR) is 126 cm³/mol. The number of nitrogens with one attached hydrogen (secondary N) is 1. The fraction of sp³-hybridized carbons (Fsp3) is 0.154. The van der Waals surface area contributed by atoms with Gasteiger partial charge in [0.1, 0.15) is 23.2 Å². The Bertz CT molecular complexity index is 1610. The number of hydrogen-bond acceptors (Lipinski definition) is 4. The molecule has 0 aliphatic heterocycles. The van der Waals surface area contributed by atoms with E-state index in [0.29, 0.717) is 17.1 Å². The van der Waals surface area contributed by atoms with Crippen LogP contribution in [0.1, 0.15) is 21.5 Å². The highest BCUT2D eigenvalue weighted by Gasteiger charge is 2.36. The Kier molecular flexibility index (Phi) is 6.99. The Morgan fingerprint density at radius 3 is 2.24 bits per heavy atom. The highest BCUT2D eigenvalue weighted by molar-refractivity contribution is 6.00. The summed E-state index contributed by atoms with van der Waals surface area (Å²) in [5, 5.41) is 15.8. The Labute approximate surface area is 211 Å². The number of carbonyl (C=O) groups excluding carboxylic acids is 1. The molecule has 2 N–H and O–H groups in total. The van der Waals surface area contributed by atoms with Crippen LogP contribution in [0.25, 0.3) is 21.9 Å². The van der Waals surface area contributed by atoms with E-state index in [2.05, 4.69) is 10.4 Å². The van der Waals surface area contributed by atoms with Gasteiger partial charge in [0.05, 0.1) is 17.3 Å². The van der Waals surface area contributed by atoms with Gasteiger partial charge in [-0.05, 0) is 34.0 Å². The average Bonchev–Trinajstić information content (AvgIpc) is 2.84. The van der Waals surface area contributed by atoms with Crippen molar-refractivity contribution in [1.82, 2.24) is 15.1 Å². The van der Waals surface area contributed by atoms with Crippen LogP contribution in [0.5, 0.6) is 0 Å². The van der Waals surface area contributed by atoms with Gasteiger partial charge < -0.3 is 10.4 Å². The molecule has 196 valence electrons. The normalized spacial score (nSPS) is 12.4. The van der Waals surface area contributed by atoms with Crippen LogP contribution in [0, 0.1) is 11.6 Å². The molecule has 1 amide bonds. The number of halogens is 5. The Balaban J connectivity index is 1.79. The standard InChI is InChI=1S/C26H18F5N3O4/c1-34-24(36)21(17(12-32-34)26(29,30)31)16-8-3-6-14-13(5-2-7-15(14)16)11-20(25(37)38)33-23(35)22-18(27)9-4-10-19(22)28/h2-10,12,20H,11H2,1H3,(H,33,35)(H,37,38)/t20-/m0/s1. The molecule has 4 aromatic rings. The molecule has 0 unspecified atom stereocenters. The third-order valence-corrected chi connectivity index (χ3v) is 5.94. The van der Waals surface area contributed by atoms with Crippen molar-refractivity contribution >= 4 is 22.6 Å². The van der Waals surface area contributed by atoms with E-state index in [1.165, 1.54) is 43.4 Å². The van der Waals surface area contributed by atoms with Crippen LogP contribution in [-0.2, 0) is 24.4 Å². The van der Waals surface area contributed by atoms with Crippen LogP contribution in [0.4, 0.5) is 22.0 Å². The molecule has 0 fully saturated rings. The van der Waals surface area contributed by atoms with Crippen molar-refractivity contribution in [2.24, 2.45) is 7.05 Å². The number of carboxylic acid groups (broad SMARTS) is 1. The molecule has 0 aliphatic carbocycles. The molecule has 1 atom stereocenters. The van der Waals surface area contributed by atoms with Gasteiger partial charge in [0.15, 0.2) is 0 Å². The van der Waals surface area contributed by atoms with Gasteiger partial charge in [0, 0.05) is 13.5 Å². The number of aromatic nitrogens is 2. The number of alkyl halides is 3. The van der Waals surface area contributed by atoms with E-state index >= 15 is 0 Å². The van der Waals surface area contributed by atoms with Crippen molar-refractivity contribution in [3.63, 3.8) is 0 Å². The number of amides is 1. The topological polar surface area (TPSA) is 101 Å². The van der Waals surface area contributed by atoms with E-state index in [-0.39, 0.29) is 17.4 Å². The van der Waals surface area contributed by atoms with Gasteiger partial charge in [-0.1, -0.05) is 42.5 Å². The molecular weight excluding hydrogens is 513 g/mol. The van der Waals surface area contributed by atoms with Crippen molar-refractivity contribution < 1.29 is 36.6 Å². The third kappa shape index (κ3) is 4.97. The highest BCUT2D eigenvalue weighted by atomic mass is 19.4. The molecule has 38 heavy (non-hydrogen) atoms. The fourth-order valence-corrected chi connectivity index (χ4v) is 4.15. The quantitative estimate of drug-likeness (QED) is 0.361. The van der Waals surface area contributed by atoms with Gasteiger partial charge in [0.2, 0.25) is 0 Å². The summed E-state index contributed by atoms with van der Waals surface area (Å²) in [5.41, 5.74) is -3.56. The number of fused-ring (bicyclic) bond motifs is 1. The Morgan fingerprint density at radius 2 is 1.61 bits per heavy atom. The zero-order valence-electron chi connectivity index (χ0n) is 19.5. The maximum Gasteiger partial charge on any atom is 0.418 e. The molecule has 0 radical (unpaired) electrons. The number of aliphatic carboxylic acids is 1. The fourth-order valence-electron chi connectivity index (χ4n) is 4.15. The van der Waals surface area contributed by atoms with E-state index in [0.717, 1.165) is 22.9 Å². The first-order valence-electron chi connectivity index (χ1n) is 11.0. The van der Waals surface area contributed by atoms with Crippen LogP contribution in [0.2, 0.25) is 0 Å². The molecule has 7 nitrogen and oxygen atoms in total. The van der Waals surface area contributed by atoms with E-state index in [4.69, 9.17) is 0 Å². The van der Waals surface area contributed by atoms with Gasteiger partial charge in [0.25, 0.3) is 11.5 Å². The van der Waals surface area contributed by atoms with Crippen molar-refractivity contribution in [1.29, 1.82) is 0 Å². The first kappa shape index (κ1) is 26.5. The summed E-state index contributed by atoms with van der Waals surface area (Å²) >= 11 is 0. The summed E-state index contributed by atoms with van der Waals surface area (Å²) in [6.45, 7) is 0. The zero-order chi connectivity index (χ0) is 27.8. The van der Waals surface area contributed by atoms with Crippen LogP contribution in [0.3, 0.4) is 0 Å². The highest BCUT2D eigenvalue weighted by Crippen LogP contribution is 2.38. The number of rotatable bonds is 6. The second kappa shape index (κ2) is 10.0. The molecule has 1 heterocycles. The maximum absolute atomic E-state index is 14.0. The van der Waals surface area contributed by atoms with Crippen LogP contribution in [0.15, 0.2) is 65.6 Å². The molecular formula is C26H18F5N3O4. The van der Waals surface area contributed by atoms with Crippen molar-refractivity contribution in [3.8, 4) is 11.1 Å². The summed E-state index contributed by atoms with van der Waals surface area (Å²) in [4.78, 5) is 37.2. The van der Waals surface area contributed by atoms with Crippen molar-refractivity contribution in [2.75, 3.05) is 0 Å². The third-order valence-electron chi connectivity index (χ3n) is 5.94. The van der Waals surface area contributed by atoms with Crippen LogP contribution >= 0.6 is 0 Å². The molecule has 0 saturated heterocycles. The number of carbonyl (C=O) groups is 2. The monoisotopic (exact) mass is 531 g/mol. The molecule has 1 aromatic heterocycles. The van der Waals surface area contributed by atoms with E-state index < -0.39 is 58.0 Å². The minimum Gasteiger partial charge on any atom is -0.480 e. The Morgan fingerprint density at radius 1 is 1.00 bits per heavy atom. The molecule has 3 aromatic carbocycles. The van der Waals surface area contributed by atoms with Gasteiger partial charge in [-0.3, -0.25) is 9.59 Å².